The third-order valence-electron chi connectivity index (χ3n) is 0. The minimum Gasteiger partial charge on any atom is 0 e. The summed E-state index contributed by atoms with van der Waals surface area (Å²) in [7, 11) is 0. The predicted octanol–water partition coefficient (Wildman–Crippen LogP) is -0.00750. The van der Waals surface area contributed by atoms with Gasteiger partial charge >= 0.3 is 0 Å². The third kappa shape index (κ3) is 8.84. The van der Waals surface area contributed by atoms with E-state index in [9.17, 15) is 0 Å². The van der Waals surface area contributed by atoms with E-state index < -0.39 is 0 Å². The molecule has 0 aromatic carbocycles. The van der Waals surface area contributed by atoms with Gasteiger partial charge in [-0.1, -0.05) is 0 Å². The van der Waals surface area contributed by atoms with E-state index in [1.807, 2.05) is 0 Å². The van der Waals surface area contributed by atoms with E-state index >= 15 is 0 Å². The van der Waals surface area contributed by atoms with E-state index in [0.717, 1.165) is 0 Å². The Labute approximate surface area is 86.9 Å². The van der Waals surface area contributed by atoms with Crippen molar-refractivity contribution in [2.75, 3.05) is 0 Å². The second-order valence-electron chi connectivity index (χ2n) is 0. The van der Waals surface area contributed by atoms with Gasteiger partial charge in [-0.2, -0.15) is 0 Å². The monoisotopic (exact) mass is 334 g/mol. The van der Waals surface area contributed by atoms with Crippen LogP contribution in [0.3, 0.4) is 0 Å². The molecular formula is ErFe3. The van der Waals surface area contributed by atoms with Crippen molar-refractivity contribution in [3.8, 4) is 0 Å². The Hall–Kier alpha value is 2.81. The molecule has 0 nitrogen and oxygen atoms in total. The molecule has 0 bridgehead atoms. The van der Waals surface area contributed by atoms with Gasteiger partial charge in [-0.25, -0.2) is 0 Å². The number of hydrogen-bond donors (Lipinski definition) is 0. The molecule has 0 aromatic rings. The Morgan fingerprint density at radius 1 is 0.500 bits per heavy atom. The zero-order valence-electron chi connectivity index (χ0n) is 1.35. The third-order valence-corrected chi connectivity index (χ3v) is 0. The van der Waals surface area contributed by atoms with Crippen molar-refractivity contribution in [2.24, 2.45) is 0 Å². The van der Waals surface area contributed by atoms with E-state index in [-0.39, 0.29) is 88.5 Å². The fourth-order valence-electron chi connectivity index (χ4n) is 0. The minimum atomic E-state index is 0. The minimum absolute atomic E-state index is 0. The smallest absolute Gasteiger partial charge is 0 e. The maximum atomic E-state index is 0. The van der Waals surface area contributed by atoms with Gasteiger partial charge in [0.2, 0.25) is 0 Å². The fraction of sp³-hybridized carbons (Fsp3) is 0. The van der Waals surface area contributed by atoms with Gasteiger partial charge in [-0.05, 0) is 0 Å². The topological polar surface area (TPSA) is 0 Å². The van der Waals surface area contributed by atoms with E-state index in [1.165, 1.54) is 0 Å². The normalized spacial score (nSPS) is 0. The van der Waals surface area contributed by atoms with Crippen LogP contribution < -0.4 is 0 Å². The quantitative estimate of drug-likeness (QED) is 0.547. The molecule has 0 aliphatic heterocycles. The van der Waals surface area contributed by atoms with Gasteiger partial charge in [0.05, 0.1) is 0 Å². The standard InChI is InChI=1S/Er.3Fe. The molecule has 0 atom stereocenters. The Morgan fingerprint density at radius 3 is 0.500 bits per heavy atom. The van der Waals surface area contributed by atoms with Gasteiger partial charge in [0.25, 0.3) is 0 Å². The molecule has 0 N–H and O–H groups in total. The molecule has 0 aromatic heterocycles. The van der Waals surface area contributed by atoms with Crippen molar-refractivity contribution in [1.82, 2.24) is 0 Å². The zero-order valence-corrected chi connectivity index (χ0v) is 6.51. The zero-order chi connectivity index (χ0) is 0. The van der Waals surface area contributed by atoms with Crippen LogP contribution in [-0.2, 0) is 51.2 Å². The van der Waals surface area contributed by atoms with Crippen LogP contribution in [-0.4, -0.2) is 0 Å². The van der Waals surface area contributed by atoms with Crippen molar-refractivity contribution in [3.63, 3.8) is 0 Å². The first-order valence-corrected chi connectivity index (χ1v) is 0. The van der Waals surface area contributed by atoms with Crippen LogP contribution in [0.1, 0.15) is 0 Å². The second-order valence-corrected chi connectivity index (χ2v) is 0. The van der Waals surface area contributed by atoms with Crippen molar-refractivity contribution < 1.29 is 88.5 Å². The van der Waals surface area contributed by atoms with Gasteiger partial charge in [0, 0.05) is 88.5 Å². The summed E-state index contributed by atoms with van der Waals surface area (Å²) in [5, 5.41) is 0. The Balaban J connectivity index is 0. The van der Waals surface area contributed by atoms with E-state index in [4.69, 9.17) is 0 Å². The van der Waals surface area contributed by atoms with Crippen LogP contribution >= 0.6 is 0 Å². The maximum absolute atomic E-state index is 0. The van der Waals surface area contributed by atoms with Crippen LogP contribution in [0, 0.1) is 37.3 Å². The summed E-state index contributed by atoms with van der Waals surface area (Å²) in [6.45, 7) is 0. The summed E-state index contributed by atoms with van der Waals surface area (Å²) in [4.78, 5) is 0. The maximum Gasteiger partial charge on any atom is 0 e. The summed E-state index contributed by atoms with van der Waals surface area (Å²) in [5.74, 6) is 0. The molecule has 4 heavy (non-hydrogen) atoms. The Kier molecular flexibility index (Phi) is 124. The number of hydrogen-bond acceptors (Lipinski definition) is 0. The van der Waals surface area contributed by atoms with Crippen LogP contribution in [0.15, 0.2) is 0 Å². The first-order chi connectivity index (χ1) is 0. The molecule has 0 aliphatic carbocycles. The molecule has 0 fully saturated rings. The van der Waals surface area contributed by atoms with Crippen molar-refractivity contribution >= 4 is 0 Å². The van der Waals surface area contributed by atoms with E-state index in [1.54, 1.807) is 0 Å². The molecule has 0 aliphatic rings. The van der Waals surface area contributed by atoms with E-state index in [0.29, 0.717) is 0 Å². The first-order valence-electron chi connectivity index (χ1n) is 0. The molecule has 0 rings (SSSR count). The van der Waals surface area contributed by atoms with Crippen molar-refractivity contribution in [2.45, 2.75) is 0 Å². The Morgan fingerprint density at radius 2 is 0.500 bits per heavy atom. The first kappa shape index (κ1) is 29.1. The van der Waals surface area contributed by atoms with Gasteiger partial charge < -0.3 is 0 Å². The van der Waals surface area contributed by atoms with Crippen LogP contribution in [0.4, 0.5) is 0 Å². The van der Waals surface area contributed by atoms with Crippen molar-refractivity contribution in [1.29, 1.82) is 0 Å². The summed E-state index contributed by atoms with van der Waals surface area (Å²) in [5.41, 5.74) is 0. The summed E-state index contributed by atoms with van der Waals surface area (Å²) < 4.78 is 0. The molecule has 0 amide bonds. The SMILES string of the molecule is [Er].[Fe].[Fe].[Fe]. The molecule has 0 heterocycles. The average molecular weight is 335 g/mol. The molecule has 0 radical (unpaired) electrons. The van der Waals surface area contributed by atoms with Crippen molar-refractivity contribution in [3.05, 3.63) is 0 Å². The Bertz CT molecular complexity index is 3.25. The van der Waals surface area contributed by atoms with Gasteiger partial charge in [-0.3, -0.25) is 0 Å². The van der Waals surface area contributed by atoms with Crippen LogP contribution in [0.2, 0.25) is 0 Å². The molecular weight excluding hydrogens is 335 g/mol. The van der Waals surface area contributed by atoms with Crippen LogP contribution in [0.5, 0.6) is 0 Å². The molecule has 0 saturated carbocycles. The van der Waals surface area contributed by atoms with E-state index in [2.05, 4.69) is 0 Å². The average Bonchev–Trinajstić information content (AvgIpc) is 0. The van der Waals surface area contributed by atoms with Gasteiger partial charge in [-0.15, -0.1) is 0 Å². The second kappa shape index (κ2) is 17.0. The molecule has 0 unspecified atom stereocenters. The molecule has 4 heteroatoms. The predicted molar refractivity (Wildman–Crippen MR) is 0 cm³/mol. The molecule has 36 valence electrons. The largest absolute Gasteiger partial charge is 0 e. The van der Waals surface area contributed by atoms with Crippen LogP contribution in [0.25, 0.3) is 0 Å². The van der Waals surface area contributed by atoms with Gasteiger partial charge in [0.15, 0.2) is 0 Å². The number of rotatable bonds is 0. The van der Waals surface area contributed by atoms with Gasteiger partial charge in [0.1, 0.15) is 0 Å². The summed E-state index contributed by atoms with van der Waals surface area (Å²) in [6, 6.07) is 0. The molecule has 0 spiro atoms. The molecule has 0 saturated heterocycles. The summed E-state index contributed by atoms with van der Waals surface area (Å²) in [6.07, 6.45) is 0. The summed E-state index contributed by atoms with van der Waals surface area (Å²) >= 11 is 0. The fourth-order valence-corrected chi connectivity index (χ4v) is 0.